The Morgan fingerprint density at radius 3 is 2.27 bits per heavy atom. The number of hydrogen-bond acceptors (Lipinski definition) is 3. The molecule has 0 spiro atoms. The van der Waals surface area contributed by atoms with Crippen molar-refractivity contribution < 1.29 is 14.7 Å². The van der Waals surface area contributed by atoms with Gasteiger partial charge in [0, 0.05) is 13.1 Å². The van der Waals surface area contributed by atoms with Crippen LogP contribution in [0.15, 0.2) is 0 Å². The molecular formula is C16H29ClN2O3. The minimum Gasteiger partial charge on any atom is -0.481 e. The Labute approximate surface area is 139 Å². The molecule has 6 heteroatoms. The average Bonchev–Trinajstić information content (AvgIpc) is 2.47. The fourth-order valence-electron chi connectivity index (χ4n) is 3.70. The molecule has 5 nitrogen and oxygen atoms in total. The zero-order valence-electron chi connectivity index (χ0n) is 13.7. The first kappa shape index (κ1) is 19.2. The molecule has 1 amide bonds. The molecule has 2 rings (SSSR count). The summed E-state index contributed by atoms with van der Waals surface area (Å²) in [5, 5.41) is 9.00. The summed E-state index contributed by atoms with van der Waals surface area (Å²) < 4.78 is 0. The summed E-state index contributed by atoms with van der Waals surface area (Å²) >= 11 is 0. The van der Waals surface area contributed by atoms with Gasteiger partial charge in [-0.1, -0.05) is 19.8 Å². The van der Waals surface area contributed by atoms with Gasteiger partial charge in [0.05, 0.1) is 12.5 Å². The summed E-state index contributed by atoms with van der Waals surface area (Å²) in [6.45, 7) is 4.12. The second-order valence-corrected chi connectivity index (χ2v) is 6.72. The van der Waals surface area contributed by atoms with Crippen LogP contribution in [0.3, 0.4) is 0 Å². The second kappa shape index (κ2) is 8.73. The Balaban J connectivity index is 0.00000242. The molecule has 0 aromatic carbocycles. The van der Waals surface area contributed by atoms with Crippen LogP contribution in [0.5, 0.6) is 0 Å². The molecule has 2 unspecified atom stereocenters. The van der Waals surface area contributed by atoms with Crippen molar-refractivity contribution in [3.8, 4) is 0 Å². The monoisotopic (exact) mass is 332 g/mol. The molecule has 1 heterocycles. The minimum absolute atomic E-state index is 0. The third kappa shape index (κ3) is 4.85. The summed E-state index contributed by atoms with van der Waals surface area (Å²) in [7, 11) is 1.93. The van der Waals surface area contributed by atoms with Gasteiger partial charge in [-0.2, -0.15) is 0 Å². The highest BCUT2D eigenvalue weighted by molar-refractivity contribution is 5.85. The molecule has 1 N–H and O–H groups in total. The van der Waals surface area contributed by atoms with Crippen LogP contribution in [0.4, 0.5) is 0 Å². The van der Waals surface area contributed by atoms with E-state index in [1.54, 1.807) is 0 Å². The predicted molar refractivity (Wildman–Crippen MR) is 88.2 cm³/mol. The zero-order chi connectivity index (χ0) is 15.4. The normalized spacial score (nSPS) is 27.0. The third-order valence-electron chi connectivity index (χ3n) is 5.25. The summed E-state index contributed by atoms with van der Waals surface area (Å²) in [5.41, 5.74) is 0. The van der Waals surface area contributed by atoms with Gasteiger partial charge in [-0.25, -0.2) is 0 Å². The average molecular weight is 333 g/mol. The van der Waals surface area contributed by atoms with E-state index in [0.29, 0.717) is 31.3 Å². The second-order valence-electron chi connectivity index (χ2n) is 6.72. The number of hydrogen-bond donors (Lipinski definition) is 1. The minimum atomic E-state index is -0.700. The number of rotatable bonds is 4. The molecule has 22 heavy (non-hydrogen) atoms. The molecule has 128 valence electrons. The summed E-state index contributed by atoms with van der Waals surface area (Å²) in [6.07, 6.45) is 6.15. The van der Waals surface area contributed by atoms with Crippen LogP contribution >= 0.6 is 12.4 Å². The quantitative estimate of drug-likeness (QED) is 0.857. The van der Waals surface area contributed by atoms with Crippen molar-refractivity contribution in [2.45, 2.75) is 51.5 Å². The Kier molecular flexibility index (Phi) is 7.63. The lowest BCUT2D eigenvalue weighted by Crippen LogP contribution is -2.48. The molecule has 2 aliphatic rings. The van der Waals surface area contributed by atoms with Gasteiger partial charge < -0.3 is 10.0 Å². The van der Waals surface area contributed by atoms with Crippen molar-refractivity contribution in [1.82, 2.24) is 9.80 Å². The number of amides is 1. The molecule has 0 radical (unpaired) electrons. The fraction of sp³-hybridized carbons (Fsp3) is 0.875. The van der Waals surface area contributed by atoms with Crippen LogP contribution in [0, 0.1) is 11.8 Å². The van der Waals surface area contributed by atoms with Crippen molar-refractivity contribution >= 4 is 24.3 Å². The number of aliphatic carboxylic acids is 1. The maximum absolute atomic E-state index is 12.4. The largest absolute Gasteiger partial charge is 0.481 e. The molecular weight excluding hydrogens is 304 g/mol. The first-order valence-corrected chi connectivity index (χ1v) is 8.20. The van der Waals surface area contributed by atoms with E-state index in [1.807, 2.05) is 11.9 Å². The fourth-order valence-corrected chi connectivity index (χ4v) is 3.70. The Morgan fingerprint density at radius 2 is 1.73 bits per heavy atom. The van der Waals surface area contributed by atoms with E-state index in [-0.39, 0.29) is 24.2 Å². The van der Waals surface area contributed by atoms with E-state index in [0.717, 1.165) is 19.5 Å². The van der Waals surface area contributed by atoms with Gasteiger partial charge in [0.25, 0.3) is 0 Å². The van der Waals surface area contributed by atoms with Gasteiger partial charge in [0.2, 0.25) is 5.91 Å². The highest BCUT2D eigenvalue weighted by atomic mass is 35.5. The van der Waals surface area contributed by atoms with Gasteiger partial charge in [0.15, 0.2) is 0 Å². The Bertz CT molecular complexity index is 384. The number of carboxylic acids is 1. The van der Waals surface area contributed by atoms with E-state index in [2.05, 4.69) is 11.8 Å². The van der Waals surface area contributed by atoms with Crippen molar-refractivity contribution in [2.75, 3.05) is 26.7 Å². The summed E-state index contributed by atoms with van der Waals surface area (Å²) in [6, 6.07) is 0.378. The van der Waals surface area contributed by atoms with E-state index in [4.69, 9.17) is 5.11 Å². The number of carboxylic acid groups (broad SMARTS) is 1. The lowest BCUT2D eigenvalue weighted by atomic mass is 9.85. The number of nitrogens with zero attached hydrogens (tertiary/aromatic N) is 2. The lowest BCUT2D eigenvalue weighted by molar-refractivity contribution is -0.143. The topological polar surface area (TPSA) is 60.9 Å². The Hall–Kier alpha value is -0.810. The zero-order valence-corrected chi connectivity index (χ0v) is 14.5. The highest BCUT2D eigenvalue weighted by Gasteiger charge is 2.30. The maximum Gasteiger partial charge on any atom is 0.306 e. The number of likely N-dealkylation sites (N-methyl/N-ethyl adjacent to an activating group) is 1. The van der Waals surface area contributed by atoms with E-state index in [1.165, 1.54) is 19.3 Å². The molecule has 2 fully saturated rings. The number of halogens is 1. The van der Waals surface area contributed by atoms with Gasteiger partial charge >= 0.3 is 5.97 Å². The molecule has 0 aromatic rings. The van der Waals surface area contributed by atoms with Gasteiger partial charge in [-0.05, 0) is 44.7 Å². The lowest BCUT2D eigenvalue weighted by Gasteiger charge is -2.38. The molecule has 1 saturated heterocycles. The number of piperidine rings is 1. The SMILES string of the molecule is CC1CCCCC1N(C)C(=O)CN1CCC(C(=O)O)CC1.Cl. The van der Waals surface area contributed by atoms with Crippen molar-refractivity contribution in [3.63, 3.8) is 0 Å². The summed E-state index contributed by atoms with van der Waals surface area (Å²) in [5.74, 6) is -0.158. The van der Waals surface area contributed by atoms with Crippen LogP contribution in [0.25, 0.3) is 0 Å². The van der Waals surface area contributed by atoms with Crippen molar-refractivity contribution in [1.29, 1.82) is 0 Å². The summed E-state index contributed by atoms with van der Waals surface area (Å²) in [4.78, 5) is 27.4. The first-order chi connectivity index (χ1) is 9.99. The molecule has 0 bridgehead atoms. The number of carbonyl (C=O) groups is 2. The first-order valence-electron chi connectivity index (χ1n) is 8.20. The predicted octanol–water partition coefficient (Wildman–Crippen LogP) is 2.24. The van der Waals surface area contributed by atoms with Crippen molar-refractivity contribution in [3.05, 3.63) is 0 Å². The van der Waals surface area contributed by atoms with Crippen LogP contribution in [-0.2, 0) is 9.59 Å². The smallest absolute Gasteiger partial charge is 0.306 e. The molecule has 1 aliphatic heterocycles. The van der Waals surface area contributed by atoms with Crippen LogP contribution in [0.2, 0.25) is 0 Å². The van der Waals surface area contributed by atoms with Crippen LogP contribution < -0.4 is 0 Å². The van der Waals surface area contributed by atoms with Gasteiger partial charge in [0.1, 0.15) is 0 Å². The van der Waals surface area contributed by atoms with Crippen LogP contribution in [-0.4, -0.2) is 59.5 Å². The van der Waals surface area contributed by atoms with Gasteiger partial charge in [-0.15, -0.1) is 12.4 Å². The number of likely N-dealkylation sites (tertiary alicyclic amines) is 1. The van der Waals surface area contributed by atoms with E-state index in [9.17, 15) is 9.59 Å². The molecule has 1 aliphatic carbocycles. The van der Waals surface area contributed by atoms with Crippen molar-refractivity contribution in [2.24, 2.45) is 11.8 Å². The van der Waals surface area contributed by atoms with Crippen LogP contribution in [0.1, 0.15) is 45.4 Å². The Morgan fingerprint density at radius 1 is 1.14 bits per heavy atom. The molecule has 0 aromatic heterocycles. The third-order valence-corrected chi connectivity index (χ3v) is 5.25. The highest BCUT2D eigenvalue weighted by Crippen LogP contribution is 2.27. The van der Waals surface area contributed by atoms with E-state index < -0.39 is 5.97 Å². The molecule has 2 atom stereocenters. The molecule has 1 saturated carbocycles. The van der Waals surface area contributed by atoms with Gasteiger partial charge in [-0.3, -0.25) is 14.5 Å². The standard InChI is InChI=1S/C16H28N2O3.ClH/c1-12-5-3-4-6-14(12)17(2)15(19)11-18-9-7-13(8-10-18)16(20)21;/h12-14H,3-11H2,1-2H3,(H,20,21);1H. The maximum atomic E-state index is 12.4. The number of carbonyl (C=O) groups excluding carboxylic acids is 1. The van der Waals surface area contributed by atoms with E-state index >= 15 is 0 Å².